The van der Waals surface area contributed by atoms with Gasteiger partial charge in [0.2, 0.25) is 5.91 Å². The molecule has 0 heterocycles. The van der Waals surface area contributed by atoms with E-state index in [1.165, 1.54) is 14.2 Å². The number of amides is 2. The monoisotopic (exact) mass is 323 g/mol. The van der Waals surface area contributed by atoms with Crippen LogP contribution in [0.2, 0.25) is 0 Å². The summed E-state index contributed by atoms with van der Waals surface area (Å²) in [6, 6.07) is 4.84. The first kappa shape index (κ1) is 18.8. The van der Waals surface area contributed by atoms with Gasteiger partial charge in [0.25, 0.3) is 5.91 Å². The zero-order valence-electron chi connectivity index (χ0n) is 14.1. The predicted octanol–water partition coefficient (Wildman–Crippen LogP) is 0.502. The molecule has 0 aromatic heterocycles. The summed E-state index contributed by atoms with van der Waals surface area (Å²) in [6.07, 6.45) is 0.863. The third kappa shape index (κ3) is 6.56. The predicted molar refractivity (Wildman–Crippen MR) is 88.1 cm³/mol. The van der Waals surface area contributed by atoms with Crippen molar-refractivity contribution in [3.8, 4) is 11.5 Å². The van der Waals surface area contributed by atoms with E-state index in [1.807, 2.05) is 19.0 Å². The second kappa shape index (κ2) is 9.68. The van der Waals surface area contributed by atoms with E-state index in [0.29, 0.717) is 23.6 Å². The largest absolute Gasteiger partial charge is 0.493 e. The minimum atomic E-state index is -0.339. The van der Waals surface area contributed by atoms with Crippen LogP contribution in [0.5, 0.6) is 11.5 Å². The van der Waals surface area contributed by atoms with Crippen molar-refractivity contribution in [2.24, 2.45) is 0 Å². The van der Waals surface area contributed by atoms with Gasteiger partial charge in [-0.1, -0.05) is 0 Å². The van der Waals surface area contributed by atoms with E-state index in [2.05, 4.69) is 10.6 Å². The number of methoxy groups -OCH3 is 2. The molecule has 128 valence electrons. The summed E-state index contributed by atoms with van der Waals surface area (Å²) in [4.78, 5) is 25.8. The van der Waals surface area contributed by atoms with E-state index in [9.17, 15) is 9.59 Å². The van der Waals surface area contributed by atoms with Crippen molar-refractivity contribution in [2.45, 2.75) is 6.42 Å². The summed E-state index contributed by atoms with van der Waals surface area (Å²) in [5.74, 6) is 0.461. The van der Waals surface area contributed by atoms with Gasteiger partial charge in [-0.2, -0.15) is 0 Å². The maximum absolute atomic E-state index is 12.0. The molecule has 7 heteroatoms. The molecule has 1 rings (SSSR count). The smallest absolute Gasteiger partial charge is 0.251 e. The molecule has 0 radical (unpaired) electrons. The summed E-state index contributed by atoms with van der Waals surface area (Å²) in [7, 11) is 6.98. The SMILES string of the molecule is COc1ccc(C(=O)NCC(=O)NCCCN(C)C)cc1OC. The van der Waals surface area contributed by atoms with Crippen molar-refractivity contribution in [1.29, 1.82) is 0 Å². The van der Waals surface area contributed by atoms with Gasteiger partial charge in [-0.05, 0) is 45.3 Å². The van der Waals surface area contributed by atoms with Crippen molar-refractivity contribution < 1.29 is 19.1 Å². The van der Waals surface area contributed by atoms with Crippen LogP contribution in [0, 0.1) is 0 Å². The zero-order chi connectivity index (χ0) is 17.2. The molecule has 0 aliphatic carbocycles. The van der Waals surface area contributed by atoms with Crippen LogP contribution in [0.4, 0.5) is 0 Å². The van der Waals surface area contributed by atoms with Gasteiger partial charge in [0, 0.05) is 12.1 Å². The fourth-order valence-corrected chi connectivity index (χ4v) is 1.93. The maximum atomic E-state index is 12.0. The molecule has 1 aromatic rings. The van der Waals surface area contributed by atoms with E-state index < -0.39 is 0 Å². The second-order valence-corrected chi connectivity index (χ2v) is 5.26. The number of benzene rings is 1. The van der Waals surface area contributed by atoms with E-state index >= 15 is 0 Å². The molecule has 0 atom stereocenters. The molecule has 7 nitrogen and oxygen atoms in total. The molecule has 2 N–H and O–H groups in total. The van der Waals surface area contributed by atoms with Gasteiger partial charge < -0.3 is 25.0 Å². The molecule has 1 aromatic carbocycles. The number of carbonyl (C=O) groups is 2. The Morgan fingerprint density at radius 2 is 1.78 bits per heavy atom. The van der Waals surface area contributed by atoms with Crippen LogP contribution >= 0.6 is 0 Å². The minimum absolute atomic E-state index is 0.0604. The van der Waals surface area contributed by atoms with Crippen molar-refractivity contribution >= 4 is 11.8 Å². The van der Waals surface area contributed by atoms with Crippen molar-refractivity contribution in [2.75, 3.05) is 47.9 Å². The highest BCUT2D eigenvalue weighted by Gasteiger charge is 2.11. The van der Waals surface area contributed by atoms with Crippen LogP contribution in [-0.2, 0) is 4.79 Å². The van der Waals surface area contributed by atoms with Crippen molar-refractivity contribution in [3.05, 3.63) is 23.8 Å². The van der Waals surface area contributed by atoms with Gasteiger partial charge in [0.1, 0.15) is 0 Å². The molecule has 0 saturated carbocycles. The van der Waals surface area contributed by atoms with E-state index in [0.717, 1.165) is 13.0 Å². The summed E-state index contributed by atoms with van der Waals surface area (Å²) < 4.78 is 10.3. The third-order valence-electron chi connectivity index (χ3n) is 3.16. The fraction of sp³-hybridized carbons (Fsp3) is 0.500. The lowest BCUT2D eigenvalue weighted by molar-refractivity contribution is -0.120. The first-order valence-corrected chi connectivity index (χ1v) is 7.39. The highest BCUT2D eigenvalue weighted by molar-refractivity contribution is 5.97. The Morgan fingerprint density at radius 3 is 2.39 bits per heavy atom. The van der Waals surface area contributed by atoms with Crippen molar-refractivity contribution in [3.63, 3.8) is 0 Å². The zero-order valence-corrected chi connectivity index (χ0v) is 14.1. The Labute approximate surface area is 136 Å². The fourth-order valence-electron chi connectivity index (χ4n) is 1.93. The van der Waals surface area contributed by atoms with E-state index in [4.69, 9.17) is 9.47 Å². The van der Waals surface area contributed by atoms with Crippen LogP contribution in [0.1, 0.15) is 16.8 Å². The lowest BCUT2D eigenvalue weighted by Gasteiger charge is -2.11. The van der Waals surface area contributed by atoms with Gasteiger partial charge in [-0.25, -0.2) is 0 Å². The number of rotatable bonds is 9. The topological polar surface area (TPSA) is 79.9 Å². The van der Waals surface area contributed by atoms with E-state index in [1.54, 1.807) is 18.2 Å². The molecule has 0 fully saturated rings. The number of hydrogen-bond donors (Lipinski definition) is 2. The number of hydrogen-bond acceptors (Lipinski definition) is 5. The lowest BCUT2D eigenvalue weighted by atomic mass is 10.2. The molecule has 0 bridgehead atoms. The number of carbonyl (C=O) groups excluding carboxylic acids is 2. The van der Waals surface area contributed by atoms with Gasteiger partial charge in [-0.3, -0.25) is 9.59 Å². The Morgan fingerprint density at radius 1 is 1.09 bits per heavy atom. The first-order chi connectivity index (χ1) is 11.0. The van der Waals surface area contributed by atoms with Gasteiger partial charge >= 0.3 is 0 Å². The Kier molecular flexibility index (Phi) is 7.90. The molecule has 23 heavy (non-hydrogen) atoms. The Balaban J connectivity index is 2.43. The highest BCUT2D eigenvalue weighted by atomic mass is 16.5. The molecule has 0 saturated heterocycles. The molecular weight excluding hydrogens is 298 g/mol. The van der Waals surface area contributed by atoms with Gasteiger partial charge in [-0.15, -0.1) is 0 Å². The molecule has 0 aliphatic heterocycles. The van der Waals surface area contributed by atoms with Crippen LogP contribution < -0.4 is 20.1 Å². The summed E-state index contributed by atoms with van der Waals surface area (Å²) in [6.45, 7) is 1.43. The minimum Gasteiger partial charge on any atom is -0.493 e. The molecule has 0 aliphatic rings. The normalized spacial score (nSPS) is 10.3. The highest BCUT2D eigenvalue weighted by Crippen LogP contribution is 2.27. The van der Waals surface area contributed by atoms with Crippen LogP contribution in [0.3, 0.4) is 0 Å². The number of nitrogens with zero attached hydrogens (tertiary/aromatic N) is 1. The van der Waals surface area contributed by atoms with Crippen LogP contribution in [-0.4, -0.2) is 64.7 Å². The number of nitrogens with one attached hydrogen (secondary N) is 2. The first-order valence-electron chi connectivity index (χ1n) is 7.39. The summed E-state index contributed by atoms with van der Waals surface area (Å²) >= 11 is 0. The standard InChI is InChI=1S/C16H25N3O4/c1-19(2)9-5-8-17-15(20)11-18-16(21)12-6-7-13(22-3)14(10-12)23-4/h6-7,10H,5,8-9,11H2,1-4H3,(H,17,20)(H,18,21). The van der Waals surface area contributed by atoms with Crippen molar-refractivity contribution in [1.82, 2.24) is 15.5 Å². The molecule has 0 spiro atoms. The summed E-state index contributed by atoms with van der Waals surface area (Å²) in [5, 5.41) is 5.34. The quantitative estimate of drug-likeness (QED) is 0.647. The lowest BCUT2D eigenvalue weighted by Crippen LogP contribution is -2.37. The van der Waals surface area contributed by atoms with Crippen LogP contribution in [0.25, 0.3) is 0 Å². The summed E-state index contributed by atoms with van der Waals surface area (Å²) in [5.41, 5.74) is 0.406. The molecular formula is C16H25N3O4. The third-order valence-corrected chi connectivity index (χ3v) is 3.16. The average Bonchev–Trinajstić information content (AvgIpc) is 2.55. The van der Waals surface area contributed by atoms with Gasteiger partial charge in [0.15, 0.2) is 11.5 Å². The van der Waals surface area contributed by atoms with Crippen LogP contribution in [0.15, 0.2) is 18.2 Å². The molecule has 0 unspecified atom stereocenters. The Hall–Kier alpha value is -2.28. The Bertz CT molecular complexity index is 532. The maximum Gasteiger partial charge on any atom is 0.251 e. The van der Waals surface area contributed by atoms with Gasteiger partial charge in [0.05, 0.1) is 20.8 Å². The molecule has 2 amide bonds. The van der Waals surface area contributed by atoms with E-state index in [-0.39, 0.29) is 18.4 Å². The second-order valence-electron chi connectivity index (χ2n) is 5.26. The number of ether oxygens (including phenoxy) is 2. The average molecular weight is 323 g/mol.